The van der Waals surface area contributed by atoms with Gasteiger partial charge in [0.2, 0.25) is 0 Å². The number of nitrogens with one attached hydrogen (secondary N) is 3. The first-order valence-electron chi connectivity index (χ1n) is 11.7. The molecule has 4 heterocycles. The minimum absolute atomic E-state index is 0.276. The van der Waals surface area contributed by atoms with E-state index in [1.165, 1.54) is 6.20 Å². The molecule has 0 spiro atoms. The maximum absolute atomic E-state index is 13.1. The third-order valence-corrected chi connectivity index (χ3v) is 6.52. The van der Waals surface area contributed by atoms with Crippen molar-refractivity contribution in [2.24, 2.45) is 5.10 Å². The molecule has 1 fully saturated rings. The summed E-state index contributed by atoms with van der Waals surface area (Å²) in [6.45, 7) is 2.69. The zero-order valence-corrected chi connectivity index (χ0v) is 19.8. The van der Waals surface area contributed by atoms with Crippen LogP contribution in [0.25, 0.3) is 11.1 Å². The third kappa shape index (κ3) is 4.78. The van der Waals surface area contributed by atoms with Gasteiger partial charge in [0.25, 0.3) is 11.8 Å². The molecular formula is C25H28N8O2. The molecule has 0 radical (unpaired) electrons. The molecule has 1 aromatic carbocycles. The van der Waals surface area contributed by atoms with Crippen LogP contribution in [0.1, 0.15) is 40.5 Å². The van der Waals surface area contributed by atoms with Crippen molar-refractivity contribution in [3.05, 3.63) is 65.7 Å². The number of benzene rings is 1. The largest absolute Gasteiger partial charge is 0.354 e. The Hall–Kier alpha value is -4.05. The highest BCUT2D eigenvalue weighted by molar-refractivity contribution is 6.49. The number of hydrogen-bond acceptors (Lipinski definition) is 7. The molecule has 2 aliphatic heterocycles. The lowest BCUT2D eigenvalue weighted by molar-refractivity contribution is -0.110. The zero-order chi connectivity index (χ0) is 24.4. The van der Waals surface area contributed by atoms with E-state index in [1.807, 2.05) is 18.3 Å². The second-order valence-electron chi connectivity index (χ2n) is 8.88. The lowest BCUT2D eigenvalue weighted by Crippen LogP contribution is -2.31. The van der Waals surface area contributed by atoms with Gasteiger partial charge in [-0.15, -0.1) is 0 Å². The molecule has 0 aliphatic carbocycles. The predicted octanol–water partition coefficient (Wildman–Crippen LogP) is 2.02. The number of anilines is 1. The lowest BCUT2D eigenvalue weighted by Gasteiger charge is -2.28. The van der Waals surface area contributed by atoms with Gasteiger partial charge < -0.3 is 21.0 Å². The van der Waals surface area contributed by atoms with Crippen molar-refractivity contribution in [1.82, 2.24) is 30.4 Å². The molecule has 35 heavy (non-hydrogen) atoms. The number of hydrogen-bond donors (Lipinski definition) is 3. The minimum Gasteiger partial charge on any atom is -0.354 e. The van der Waals surface area contributed by atoms with E-state index in [0.717, 1.165) is 48.2 Å². The molecule has 5 rings (SSSR count). The Morgan fingerprint density at radius 3 is 2.63 bits per heavy atom. The fourth-order valence-electron chi connectivity index (χ4n) is 4.43. The topological polar surface area (TPSA) is 117 Å². The number of aromatic nitrogens is 3. The highest BCUT2D eigenvalue weighted by Gasteiger charge is 2.23. The summed E-state index contributed by atoms with van der Waals surface area (Å²) >= 11 is 0. The average molecular weight is 473 g/mol. The molecule has 2 aromatic heterocycles. The van der Waals surface area contributed by atoms with E-state index in [0.29, 0.717) is 24.0 Å². The van der Waals surface area contributed by atoms with Crippen molar-refractivity contribution in [3.63, 3.8) is 0 Å². The number of pyridine rings is 1. The summed E-state index contributed by atoms with van der Waals surface area (Å²) in [6, 6.07) is 9.68. The van der Waals surface area contributed by atoms with Gasteiger partial charge in [0, 0.05) is 24.4 Å². The predicted molar refractivity (Wildman–Crippen MR) is 133 cm³/mol. The summed E-state index contributed by atoms with van der Waals surface area (Å²) in [5.41, 5.74) is 7.76. The van der Waals surface area contributed by atoms with Crippen molar-refractivity contribution in [1.29, 1.82) is 0 Å². The lowest BCUT2D eigenvalue weighted by atomic mass is 9.96. The molecular weight excluding hydrogens is 444 g/mol. The van der Waals surface area contributed by atoms with Crippen molar-refractivity contribution < 1.29 is 9.59 Å². The molecule has 2 amide bonds. The van der Waals surface area contributed by atoms with E-state index < -0.39 is 0 Å². The van der Waals surface area contributed by atoms with Gasteiger partial charge in [-0.25, -0.2) is 4.98 Å². The fourth-order valence-corrected chi connectivity index (χ4v) is 4.43. The first-order valence-corrected chi connectivity index (χ1v) is 11.7. The Morgan fingerprint density at radius 2 is 1.89 bits per heavy atom. The number of likely N-dealkylation sites (tertiary alicyclic amines) is 1. The van der Waals surface area contributed by atoms with E-state index >= 15 is 0 Å². The van der Waals surface area contributed by atoms with Gasteiger partial charge in [-0.1, -0.05) is 12.1 Å². The molecule has 0 unspecified atom stereocenters. The van der Waals surface area contributed by atoms with Gasteiger partial charge in [0.15, 0.2) is 5.71 Å². The molecule has 3 N–H and O–H groups in total. The standard InChI is InChI=1S/C25H28N8O2/c1-26-24(34)22-6-5-19(14-27-22)30-25(35)23-21-11-16(3-4-17(21)12-28-31-23)18-13-29-33(15-18)20-7-9-32(2)10-8-20/h3-6,11,13-15,20,28H,7-10,12H2,1-2H3,(H,26,34)(H,30,35). The number of fused-ring (bicyclic) bond motifs is 1. The third-order valence-electron chi connectivity index (χ3n) is 6.52. The summed E-state index contributed by atoms with van der Waals surface area (Å²) in [5, 5.41) is 14.3. The van der Waals surface area contributed by atoms with E-state index in [2.05, 4.69) is 60.1 Å². The normalized spacial score (nSPS) is 16.1. The molecule has 0 bridgehead atoms. The number of rotatable bonds is 5. The fraction of sp³-hybridized carbons (Fsp3) is 0.320. The Balaban J connectivity index is 1.35. The number of carbonyl (C=O) groups excluding carboxylic acids is 2. The average Bonchev–Trinajstić information content (AvgIpc) is 3.39. The molecule has 0 saturated carbocycles. The summed E-state index contributed by atoms with van der Waals surface area (Å²) in [4.78, 5) is 31.2. The van der Waals surface area contributed by atoms with Crippen molar-refractivity contribution in [3.8, 4) is 11.1 Å². The SMILES string of the molecule is CNC(=O)c1ccc(NC(=O)C2=NNCc3ccc(-c4cnn(C5CCN(C)CC5)c4)cc32)cn1. The van der Waals surface area contributed by atoms with E-state index in [4.69, 9.17) is 0 Å². The zero-order valence-electron chi connectivity index (χ0n) is 19.8. The molecule has 2 aliphatic rings. The van der Waals surface area contributed by atoms with Crippen LogP contribution >= 0.6 is 0 Å². The summed E-state index contributed by atoms with van der Waals surface area (Å²) in [6.07, 6.45) is 7.61. The van der Waals surface area contributed by atoms with Gasteiger partial charge in [-0.2, -0.15) is 10.2 Å². The van der Waals surface area contributed by atoms with Crippen LogP contribution < -0.4 is 16.1 Å². The van der Waals surface area contributed by atoms with Crippen LogP contribution in [-0.2, 0) is 11.3 Å². The Labute approximate surface area is 203 Å². The smallest absolute Gasteiger partial charge is 0.276 e. The van der Waals surface area contributed by atoms with Crippen LogP contribution in [0.2, 0.25) is 0 Å². The van der Waals surface area contributed by atoms with Gasteiger partial charge >= 0.3 is 0 Å². The molecule has 10 heteroatoms. The molecule has 0 atom stereocenters. The number of piperidine rings is 1. The first kappa shape index (κ1) is 22.7. The van der Waals surface area contributed by atoms with Crippen LogP contribution in [-0.4, -0.2) is 64.4 Å². The Morgan fingerprint density at radius 1 is 1.06 bits per heavy atom. The first-order chi connectivity index (χ1) is 17.0. The highest BCUT2D eigenvalue weighted by atomic mass is 16.2. The monoisotopic (exact) mass is 472 g/mol. The van der Waals surface area contributed by atoms with Gasteiger partial charge in [-0.3, -0.25) is 14.3 Å². The van der Waals surface area contributed by atoms with Crippen LogP contribution in [0.15, 0.2) is 54.0 Å². The molecule has 180 valence electrons. The quantitative estimate of drug-likeness (QED) is 0.523. The molecule has 1 saturated heterocycles. The van der Waals surface area contributed by atoms with E-state index in [-0.39, 0.29) is 17.5 Å². The number of nitrogens with zero attached hydrogens (tertiary/aromatic N) is 5. The van der Waals surface area contributed by atoms with Gasteiger partial charge in [0.1, 0.15) is 5.69 Å². The maximum Gasteiger partial charge on any atom is 0.276 e. The van der Waals surface area contributed by atoms with Crippen molar-refractivity contribution >= 4 is 23.2 Å². The second kappa shape index (κ2) is 9.67. The van der Waals surface area contributed by atoms with Crippen molar-refractivity contribution in [2.75, 3.05) is 32.5 Å². The molecule has 3 aromatic rings. The second-order valence-corrected chi connectivity index (χ2v) is 8.88. The Kier molecular flexibility index (Phi) is 6.28. The van der Waals surface area contributed by atoms with E-state index in [1.54, 1.807) is 19.2 Å². The molecule has 10 nitrogen and oxygen atoms in total. The van der Waals surface area contributed by atoms with Gasteiger partial charge in [-0.05, 0) is 62.3 Å². The number of hydrazone groups is 1. The van der Waals surface area contributed by atoms with Gasteiger partial charge in [0.05, 0.1) is 30.7 Å². The van der Waals surface area contributed by atoms with Crippen molar-refractivity contribution in [2.45, 2.75) is 25.4 Å². The summed E-state index contributed by atoms with van der Waals surface area (Å²) in [7, 11) is 3.69. The highest BCUT2D eigenvalue weighted by Crippen LogP contribution is 2.27. The summed E-state index contributed by atoms with van der Waals surface area (Å²) < 4.78 is 2.07. The minimum atomic E-state index is -0.355. The number of amides is 2. The van der Waals surface area contributed by atoms with E-state index in [9.17, 15) is 9.59 Å². The number of carbonyl (C=O) groups is 2. The van der Waals surface area contributed by atoms with Crippen LogP contribution in [0.3, 0.4) is 0 Å². The summed E-state index contributed by atoms with van der Waals surface area (Å²) in [5.74, 6) is -0.642. The van der Waals surface area contributed by atoms with Crippen LogP contribution in [0, 0.1) is 0 Å². The Bertz CT molecular complexity index is 1270. The van der Waals surface area contributed by atoms with Crippen LogP contribution in [0.5, 0.6) is 0 Å². The maximum atomic E-state index is 13.1. The van der Waals surface area contributed by atoms with Crippen LogP contribution in [0.4, 0.5) is 5.69 Å².